The van der Waals surface area contributed by atoms with Crippen molar-refractivity contribution in [1.82, 2.24) is 0 Å². The minimum absolute atomic E-state index is 0. The van der Waals surface area contributed by atoms with Gasteiger partial charge in [0, 0.05) is 0 Å². The number of carbonyl (C=O) groups is 2. The topological polar surface area (TPSA) is 80.3 Å². The van der Waals surface area contributed by atoms with Gasteiger partial charge in [-0.2, -0.15) is 0 Å². The van der Waals surface area contributed by atoms with Crippen molar-refractivity contribution in [3.05, 3.63) is 108 Å². The molecule has 8 heteroatoms. The van der Waals surface area contributed by atoms with Gasteiger partial charge in [-0.05, 0) is 37.5 Å². The molecule has 0 aliphatic carbocycles. The van der Waals surface area contributed by atoms with Crippen LogP contribution in [0.15, 0.2) is 91.0 Å². The van der Waals surface area contributed by atoms with Gasteiger partial charge in [-0.3, -0.25) is 4.79 Å². The van der Waals surface area contributed by atoms with Gasteiger partial charge in [0.1, 0.15) is 42.2 Å². The molecule has 2 saturated heterocycles. The molecule has 5 rings (SSSR count). The molecular weight excluding hydrogens is 519 g/mol. The molecule has 3 aromatic carbocycles. The van der Waals surface area contributed by atoms with E-state index in [4.69, 9.17) is 23.7 Å². The number of aldehydes is 1. The Morgan fingerprint density at radius 2 is 1.38 bits per heavy atom. The van der Waals surface area contributed by atoms with Crippen molar-refractivity contribution >= 4 is 12.3 Å². The average molecular weight is 555 g/mol. The molecule has 7 nitrogen and oxygen atoms in total. The van der Waals surface area contributed by atoms with Gasteiger partial charge in [-0.15, -0.1) is 0 Å². The minimum atomic E-state index is -1.14. The van der Waals surface area contributed by atoms with E-state index in [2.05, 4.69) is 0 Å². The molecular formula is C32H35NaO7. The molecule has 0 radical (unpaired) electrons. The number of hydrogen-bond donors (Lipinski definition) is 0. The normalized spacial score (nSPS) is 24.0. The largest absolute Gasteiger partial charge is 1.00 e. The summed E-state index contributed by atoms with van der Waals surface area (Å²) in [6.45, 7) is 5.59. The molecule has 2 aliphatic heterocycles. The van der Waals surface area contributed by atoms with Crippen LogP contribution in [0, 0.1) is 5.92 Å². The Bertz CT molecular complexity index is 1160. The van der Waals surface area contributed by atoms with E-state index in [0.29, 0.717) is 6.29 Å². The Morgan fingerprint density at radius 1 is 0.900 bits per heavy atom. The Labute approximate surface area is 258 Å². The van der Waals surface area contributed by atoms with E-state index in [9.17, 15) is 9.59 Å². The first-order valence-corrected chi connectivity index (χ1v) is 13.3. The summed E-state index contributed by atoms with van der Waals surface area (Å²) in [5, 5.41) is 0. The van der Waals surface area contributed by atoms with Crippen LogP contribution in [0.3, 0.4) is 0 Å². The van der Waals surface area contributed by atoms with Gasteiger partial charge in [-0.1, -0.05) is 91.0 Å². The van der Waals surface area contributed by atoms with Gasteiger partial charge < -0.3 is 29.9 Å². The average Bonchev–Trinajstić information content (AvgIpc) is 3.44. The number of ether oxygens (including phenoxy) is 5. The number of rotatable bonds is 10. The zero-order chi connectivity index (χ0) is 27.5. The molecule has 206 valence electrons. The first kappa shape index (κ1) is 30.6. The smallest absolute Gasteiger partial charge is 1.00 e. The van der Waals surface area contributed by atoms with E-state index >= 15 is 0 Å². The first-order valence-electron chi connectivity index (χ1n) is 13.3. The summed E-state index contributed by atoms with van der Waals surface area (Å²) in [6, 6.07) is 30.1. The van der Waals surface area contributed by atoms with Gasteiger partial charge in [0.15, 0.2) is 5.79 Å². The van der Waals surface area contributed by atoms with Gasteiger partial charge in [0.25, 0.3) is 0 Å². The number of fused-ring (bicyclic) bond motifs is 1. The maximum atomic E-state index is 12.6. The van der Waals surface area contributed by atoms with Crippen LogP contribution >= 0.6 is 0 Å². The molecule has 2 unspecified atom stereocenters. The summed E-state index contributed by atoms with van der Waals surface area (Å²) in [7, 11) is 0. The van der Waals surface area contributed by atoms with E-state index in [1.54, 1.807) is 6.92 Å². The fourth-order valence-corrected chi connectivity index (χ4v) is 5.62. The quantitative estimate of drug-likeness (QED) is 0.124. The third kappa shape index (κ3) is 5.97. The SMILES string of the molecule is CCOC(=O)C(C=O)C1O[C@H](COC(c2ccccc2)(c2ccccc2)c2ccccc2)[C@H]2OC(C)(C)O[C@@H]12.[H-].[Na+]. The summed E-state index contributed by atoms with van der Waals surface area (Å²) in [4.78, 5) is 24.7. The zero-order valence-electron chi connectivity index (χ0n) is 24.4. The second-order valence-corrected chi connectivity index (χ2v) is 10.2. The van der Waals surface area contributed by atoms with Crippen molar-refractivity contribution in [2.45, 2.75) is 56.6 Å². The van der Waals surface area contributed by atoms with Crippen LogP contribution in [0.4, 0.5) is 0 Å². The van der Waals surface area contributed by atoms with Crippen molar-refractivity contribution < 1.29 is 64.3 Å². The first-order chi connectivity index (χ1) is 18.9. The second-order valence-electron chi connectivity index (χ2n) is 10.2. The van der Waals surface area contributed by atoms with E-state index in [1.807, 2.05) is 105 Å². The van der Waals surface area contributed by atoms with Crippen LogP contribution in [-0.4, -0.2) is 55.7 Å². The molecule has 0 saturated carbocycles. The van der Waals surface area contributed by atoms with Crippen molar-refractivity contribution in [3.8, 4) is 0 Å². The molecule has 3 aromatic rings. The minimum Gasteiger partial charge on any atom is -1.00 e. The number of esters is 1. The Kier molecular flexibility index (Phi) is 10.0. The van der Waals surface area contributed by atoms with Crippen LogP contribution in [0.5, 0.6) is 0 Å². The third-order valence-electron chi connectivity index (χ3n) is 7.25. The Hall–Kier alpha value is -2.36. The van der Waals surface area contributed by atoms with Gasteiger partial charge in [0.05, 0.1) is 13.2 Å². The molecule has 2 fully saturated rings. The summed E-state index contributed by atoms with van der Waals surface area (Å²) in [5.74, 6) is -2.69. The summed E-state index contributed by atoms with van der Waals surface area (Å²) in [5.41, 5.74) is 1.90. The Morgan fingerprint density at radius 3 is 1.82 bits per heavy atom. The fourth-order valence-electron chi connectivity index (χ4n) is 5.62. The van der Waals surface area contributed by atoms with Crippen LogP contribution in [0.1, 0.15) is 38.9 Å². The maximum absolute atomic E-state index is 12.6. The molecule has 0 bridgehead atoms. The summed E-state index contributed by atoms with van der Waals surface area (Å²) >= 11 is 0. The van der Waals surface area contributed by atoms with E-state index in [-0.39, 0.29) is 44.2 Å². The summed E-state index contributed by atoms with van der Waals surface area (Å²) in [6.07, 6.45) is -2.06. The van der Waals surface area contributed by atoms with Crippen LogP contribution in [0.25, 0.3) is 0 Å². The van der Waals surface area contributed by atoms with E-state index in [0.717, 1.165) is 16.7 Å². The zero-order valence-corrected chi connectivity index (χ0v) is 25.4. The molecule has 0 N–H and O–H groups in total. The molecule has 2 heterocycles. The van der Waals surface area contributed by atoms with Crippen molar-refractivity contribution in [1.29, 1.82) is 0 Å². The standard InChI is InChI=1S/C32H34O7.Na.H/c1-4-35-30(34)25(20-33)27-29-28(38-31(2,3)39-29)26(37-27)21-36-32(22-14-8-5-9-15-22,23-16-10-6-11-17-23)24-18-12-7-13-19-24;;/h5-20,25-29H,4,21H2,1-3H3;;/q;+1;-1/t25?,26-,27?,28-,29+;;/m1../s1. The van der Waals surface area contributed by atoms with Crippen molar-refractivity contribution in [3.63, 3.8) is 0 Å². The maximum Gasteiger partial charge on any atom is 1.00 e. The molecule has 40 heavy (non-hydrogen) atoms. The predicted octanol–water partition coefficient (Wildman–Crippen LogP) is 1.78. The van der Waals surface area contributed by atoms with Gasteiger partial charge >= 0.3 is 35.5 Å². The van der Waals surface area contributed by atoms with E-state index in [1.165, 1.54) is 0 Å². The Balaban J connectivity index is 0.00000231. The van der Waals surface area contributed by atoms with Crippen LogP contribution in [0.2, 0.25) is 0 Å². The fraction of sp³-hybridized carbons (Fsp3) is 0.375. The second kappa shape index (κ2) is 13.1. The molecule has 5 atom stereocenters. The third-order valence-corrected chi connectivity index (χ3v) is 7.25. The molecule has 2 aliphatic rings. The van der Waals surface area contributed by atoms with Crippen molar-refractivity contribution in [2.24, 2.45) is 5.92 Å². The number of hydrogen-bond acceptors (Lipinski definition) is 7. The van der Waals surface area contributed by atoms with Crippen molar-refractivity contribution in [2.75, 3.05) is 13.2 Å². The molecule has 0 spiro atoms. The summed E-state index contributed by atoms with van der Waals surface area (Å²) < 4.78 is 30.8. The van der Waals surface area contributed by atoms with Gasteiger partial charge in [0.2, 0.25) is 0 Å². The number of carbonyl (C=O) groups excluding carboxylic acids is 2. The monoisotopic (exact) mass is 554 g/mol. The van der Waals surface area contributed by atoms with Gasteiger partial charge in [-0.25, -0.2) is 0 Å². The van der Waals surface area contributed by atoms with E-state index < -0.39 is 47.7 Å². The number of benzene rings is 3. The predicted molar refractivity (Wildman–Crippen MR) is 145 cm³/mol. The molecule has 0 aromatic heterocycles. The van der Waals surface area contributed by atoms with Crippen LogP contribution < -0.4 is 29.6 Å². The van der Waals surface area contributed by atoms with Crippen LogP contribution in [-0.2, 0) is 38.9 Å². The molecule has 0 amide bonds.